The molecule has 1 aliphatic heterocycles. The van der Waals surface area contributed by atoms with Gasteiger partial charge >= 0.3 is 0 Å². The summed E-state index contributed by atoms with van der Waals surface area (Å²) >= 11 is 0. The maximum Gasteiger partial charge on any atom is 0.234 e. The third-order valence-electron chi connectivity index (χ3n) is 6.55. The van der Waals surface area contributed by atoms with Crippen molar-refractivity contribution in [2.45, 2.75) is 18.9 Å². The third kappa shape index (κ3) is 1.98. The Hall–Kier alpha value is -2.43. The molecule has 1 heterocycles. The van der Waals surface area contributed by atoms with Crippen LogP contribution in [0.15, 0.2) is 42.5 Å². The fraction of sp³-hybridized carbons (Fsp3) is 0.450. The molecule has 2 saturated carbocycles. The largest absolute Gasteiger partial charge is 0.548 e. The number of likely N-dealkylation sites (tertiary alicyclic amines) is 1. The maximum absolute atomic E-state index is 13.0. The Bertz CT molecular complexity index is 765. The van der Waals surface area contributed by atoms with E-state index in [1.165, 1.54) is 0 Å². The normalized spacial score (nSPS) is 38.5. The van der Waals surface area contributed by atoms with Gasteiger partial charge in [-0.05, 0) is 42.1 Å². The number of carboxylic acid groups (broad SMARTS) is 1. The summed E-state index contributed by atoms with van der Waals surface area (Å²) in [6.45, 7) is 0. The number of allylic oxidation sites excluding steroid dienone is 2. The highest BCUT2D eigenvalue weighted by molar-refractivity contribution is 6.08. The molecule has 128 valence electrons. The molecule has 0 radical (unpaired) electrons. The van der Waals surface area contributed by atoms with Crippen molar-refractivity contribution < 1.29 is 19.5 Å². The molecule has 0 N–H and O–H groups in total. The van der Waals surface area contributed by atoms with Gasteiger partial charge < -0.3 is 9.90 Å². The van der Waals surface area contributed by atoms with Crippen LogP contribution in [0.2, 0.25) is 0 Å². The summed E-state index contributed by atoms with van der Waals surface area (Å²) in [4.78, 5) is 38.8. The molecular formula is C20H18NO4-. The van der Waals surface area contributed by atoms with Gasteiger partial charge in [-0.15, -0.1) is 0 Å². The molecule has 1 saturated heterocycles. The Morgan fingerprint density at radius 3 is 2.12 bits per heavy atom. The lowest BCUT2D eigenvalue weighted by atomic mass is 9.63. The minimum atomic E-state index is -1.37. The van der Waals surface area contributed by atoms with Crippen LogP contribution >= 0.6 is 0 Å². The Kier molecular flexibility index (Phi) is 3.00. The molecule has 0 aromatic heterocycles. The van der Waals surface area contributed by atoms with Crippen molar-refractivity contribution >= 4 is 17.8 Å². The van der Waals surface area contributed by atoms with E-state index in [1.807, 2.05) is 18.2 Å². The molecule has 1 aromatic rings. The average Bonchev–Trinajstić information content (AvgIpc) is 3.39. The van der Waals surface area contributed by atoms with E-state index in [2.05, 4.69) is 12.2 Å². The number of imide groups is 1. The van der Waals surface area contributed by atoms with E-state index in [4.69, 9.17) is 0 Å². The average molecular weight is 336 g/mol. The SMILES string of the molecule is O=C([O-])[C@@H](Cc1ccccc1)N1C(=O)[C@@H]2[C@H]3C=C[C@H]([C@H]4C[C@@H]34)[C@@H]2C1=O. The number of rotatable bonds is 4. The third-order valence-corrected chi connectivity index (χ3v) is 6.55. The Balaban J connectivity index is 1.48. The molecule has 5 heteroatoms. The van der Waals surface area contributed by atoms with Crippen LogP contribution in [-0.4, -0.2) is 28.7 Å². The summed E-state index contributed by atoms with van der Waals surface area (Å²) in [6, 6.07) is 7.83. The molecule has 6 rings (SSSR count). The molecule has 5 nitrogen and oxygen atoms in total. The maximum atomic E-state index is 13.0. The molecular weight excluding hydrogens is 318 g/mol. The summed E-state index contributed by atoms with van der Waals surface area (Å²) in [5, 5.41) is 11.8. The van der Waals surface area contributed by atoms with Crippen molar-refractivity contribution in [3.63, 3.8) is 0 Å². The van der Waals surface area contributed by atoms with Crippen LogP contribution < -0.4 is 5.11 Å². The second-order valence-corrected chi connectivity index (χ2v) is 7.73. The number of nitrogens with zero attached hydrogens (tertiary/aromatic N) is 1. The molecule has 7 atom stereocenters. The van der Waals surface area contributed by atoms with E-state index in [0.717, 1.165) is 16.9 Å². The van der Waals surface area contributed by atoms with Crippen molar-refractivity contribution in [3.8, 4) is 0 Å². The van der Waals surface area contributed by atoms with Gasteiger partial charge in [0.1, 0.15) is 0 Å². The molecule has 1 aromatic carbocycles. The van der Waals surface area contributed by atoms with Gasteiger partial charge in [-0.2, -0.15) is 0 Å². The topological polar surface area (TPSA) is 77.5 Å². The van der Waals surface area contributed by atoms with Gasteiger partial charge in [-0.3, -0.25) is 14.5 Å². The molecule has 4 aliphatic carbocycles. The first-order chi connectivity index (χ1) is 12.1. The van der Waals surface area contributed by atoms with Crippen LogP contribution in [0.25, 0.3) is 0 Å². The van der Waals surface area contributed by atoms with E-state index in [0.29, 0.717) is 11.8 Å². The van der Waals surface area contributed by atoms with Crippen molar-refractivity contribution in [1.82, 2.24) is 4.90 Å². The molecule has 2 bridgehead atoms. The zero-order valence-electron chi connectivity index (χ0n) is 13.6. The fourth-order valence-corrected chi connectivity index (χ4v) is 5.40. The van der Waals surface area contributed by atoms with Crippen LogP contribution in [0.3, 0.4) is 0 Å². The zero-order valence-corrected chi connectivity index (χ0v) is 13.6. The monoisotopic (exact) mass is 336 g/mol. The van der Waals surface area contributed by atoms with Gasteiger partial charge in [0, 0.05) is 0 Å². The van der Waals surface area contributed by atoms with Crippen LogP contribution in [0.1, 0.15) is 12.0 Å². The van der Waals surface area contributed by atoms with Gasteiger partial charge in [0.15, 0.2) is 0 Å². The molecule has 3 fully saturated rings. The van der Waals surface area contributed by atoms with E-state index in [1.54, 1.807) is 12.1 Å². The van der Waals surface area contributed by atoms with Crippen molar-refractivity contribution in [2.24, 2.45) is 35.5 Å². The van der Waals surface area contributed by atoms with Crippen molar-refractivity contribution in [2.75, 3.05) is 0 Å². The van der Waals surface area contributed by atoms with Crippen LogP contribution in [0, 0.1) is 35.5 Å². The number of aliphatic carboxylic acids is 1. The number of amides is 2. The first kappa shape index (κ1) is 14.9. The second-order valence-electron chi connectivity index (χ2n) is 7.73. The summed E-state index contributed by atoms with van der Waals surface area (Å²) in [5.41, 5.74) is 0.774. The molecule has 0 unspecified atom stereocenters. The number of benzene rings is 1. The quantitative estimate of drug-likeness (QED) is 0.589. The number of hydrogen-bond donors (Lipinski definition) is 0. The highest BCUT2D eigenvalue weighted by Gasteiger charge is 2.67. The lowest BCUT2D eigenvalue weighted by molar-refractivity contribution is -0.310. The summed E-state index contributed by atoms with van der Waals surface area (Å²) in [5.74, 6) is -1.54. The minimum Gasteiger partial charge on any atom is -0.548 e. The standard InChI is InChI=1S/C20H19NO4/c22-18-16-11-6-7-12(14-9-13(11)14)17(16)19(23)21(18)15(20(24)25)8-10-4-2-1-3-5-10/h1-7,11-17H,8-9H2,(H,24,25)/p-1/t11-,12+,13-,14+,15-,16+,17-/m1/s1. The lowest BCUT2D eigenvalue weighted by Gasteiger charge is -2.37. The second kappa shape index (κ2) is 5.04. The first-order valence-electron chi connectivity index (χ1n) is 8.88. The Labute approximate surface area is 145 Å². The van der Waals surface area contributed by atoms with E-state index in [9.17, 15) is 19.5 Å². The lowest BCUT2D eigenvalue weighted by Crippen LogP contribution is -2.52. The number of hydrogen-bond acceptors (Lipinski definition) is 4. The van der Waals surface area contributed by atoms with Gasteiger partial charge in [0.05, 0.1) is 23.8 Å². The molecule has 0 spiro atoms. The van der Waals surface area contributed by atoms with Crippen LogP contribution in [-0.2, 0) is 20.8 Å². The van der Waals surface area contributed by atoms with E-state index >= 15 is 0 Å². The molecule has 25 heavy (non-hydrogen) atoms. The molecule has 2 amide bonds. The van der Waals surface area contributed by atoms with Crippen molar-refractivity contribution in [1.29, 1.82) is 0 Å². The first-order valence-corrected chi connectivity index (χ1v) is 8.88. The van der Waals surface area contributed by atoms with Gasteiger partial charge in [0.25, 0.3) is 0 Å². The van der Waals surface area contributed by atoms with Gasteiger partial charge in [-0.1, -0.05) is 42.5 Å². The highest BCUT2D eigenvalue weighted by atomic mass is 16.4. The summed E-state index contributed by atoms with van der Waals surface area (Å²) in [7, 11) is 0. The van der Waals surface area contributed by atoms with Gasteiger partial charge in [-0.25, -0.2) is 0 Å². The Morgan fingerprint density at radius 1 is 1.04 bits per heavy atom. The van der Waals surface area contributed by atoms with Gasteiger partial charge in [0.2, 0.25) is 11.8 Å². The fourth-order valence-electron chi connectivity index (χ4n) is 5.40. The number of carbonyl (C=O) groups excluding carboxylic acids is 3. The number of carboxylic acids is 1. The summed E-state index contributed by atoms with van der Waals surface area (Å²) < 4.78 is 0. The predicted molar refractivity (Wildman–Crippen MR) is 85.5 cm³/mol. The predicted octanol–water partition coefficient (Wildman–Crippen LogP) is 0.401. The highest BCUT2D eigenvalue weighted by Crippen LogP contribution is 2.65. The zero-order chi connectivity index (χ0) is 17.3. The smallest absolute Gasteiger partial charge is 0.234 e. The van der Waals surface area contributed by atoms with E-state index in [-0.39, 0.29) is 41.9 Å². The summed E-state index contributed by atoms with van der Waals surface area (Å²) in [6.07, 6.45) is 5.35. The van der Waals surface area contributed by atoms with Crippen LogP contribution in [0.5, 0.6) is 0 Å². The minimum absolute atomic E-state index is 0.0930. The van der Waals surface area contributed by atoms with E-state index < -0.39 is 12.0 Å². The molecule has 5 aliphatic rings. The van der Waals surface area contributed by atoms with Crippen LogP contribution in [0.4, 0.5) is 0 Å². The van der Waals surface area contributed by atoms with Crippen molar-refractivity contribution in [3.05, 3.63) is 48.0 Å². The number of carbonyl (C=O) groups is 3. The Morgan fingerprint density at radius 2 is 1.60 bits per heavy atom.